The molecule has 5 nitrogen and oxygen atoms in total. The highest BCUT2D eigenvalue weighted by Gasteiger charge is 2.13. The van der Waals surface area contributed by atoms with Gasteiger partial charge in [0.2, 0.25) is 0 Å². The third kappa shape index (κ3) is 5.01. The largest absolute Gasteiger partial charge is 0.508 e. The van der Waals surface area contributed by atoms with Crippen LogP contribution in [-0.4, -0.2) is 24.7 Å². The van der Waals surface area contributed by atoms with Gasteiger partial charge in [0.05, 0.1) is 19.3 Å². The summed E-state index contributed by atoms with van der Waals surface area (Å²) in [5.41, 5.74) is 2.06. The van der Waals surface area contributed by atoms with E-state index in [4.69, 9.17) is 9.47 Å². The summed E-state index contributed by atoms with van der Waals surface area (Å²) in [6.45, 7) is 0.543. The van der Waals surface area contributed by atoms with Crippen molar-refractivity contribution in [2.75, 3.05) is 19.0 Å². The summed E-state index contributed by atoms with van der Waals surface area (Å²) in [5.74, 6) is 0.690. The van der Waals surface area contributed by atoms with Crippen LogP contribution in [0, 0.1) is 0 Å². The van der Waals surface area contributed by atoms with E-state index >= 15 is 0 Å². The van der Waals surface area contributed by atoms with Gasteiger partial charge in [-0.25, -0.2) is 0 Å². The molecule has 0 bridgehead atoms. The minimum atomic E-state index is -0.371. The number of amides is 1. The van der Waals surface area contributed by atoms with Crippen molar-refractivity contribution in [3.05, 3.63) is 83.9 Å². The fourth-order valence-corrected chi connectivity index (χ4v) is 2.67. The highest BCUT2D eigenvalue weighted by atomic mass is 16.5. The summed E-state index contributed by atoms with van der Waals surface area (Å²) in [6.07, 6.45) is 0.803. The Bertz CT molecular complexity index is 909. The molecule has 1 amide bonds. The van der Waals surface area contributed by atoms with Crippen LogP contribution in [0.4, 0.5) is 5.69 Å². The normalized spacial score (nSPS) is 10.3. The summed E-state index contributed by atoms with van der Waals surface area (Å²) in [6, 6.07) is 21.7. The number of aromatic hydroxyl groups is 1. The molecule has 0 aliphatic rings. The quantitative estimate of drug-likeness (QED) is 0.658. The third-order valence-electron chi connectivity index (χ3n) is 4.02. The molecule has 0 fully saturated rings. The number of rotatable bonds is 7. The molecule has 0 atom stereocenters. The van der Waals surface area contributed by atoms with Gasteiger partial charge in [-0.3, -0.25) is 4.79 Å². The van der Waals surface area contributed by atoms with Crippen LogP contribution in [-0.2, 0) is 6.42 Å². The number of benzene rings is 3. The molecule has 0 unspecified atom stereocenters. The molecule has 0 aliphatic heterocycles. The monoisotopic (exact) mass is 363 g/mol. The van der Waals surface area contributed by atoms with Crippen LogP contribution in [0.1, 0.15) is 15.9 Å². The highest BCUT2D eigenvalue weighted by Crippen LogP contribution is 2.25. The van der Waals surface area contributed by atoms with Crippen LogP contribution < -0.4 is 14.8 Å². The second-order valence-corrected chi connectivity index (χ2v) is 5.95. The summed E-state index contributed by atoms with van der Waals surface area (Å²) in [5, 5.41) is 12.4. The van der Waals surface area contributed by atoms with Gasteiger partial charge in [-0.2, -0.15) is 0 Å². The van der Waals surface area contributed by atoms with E-state index in [1.54, 1.807) is 18.2 Å². The van der Waals surface area contributed by atoms with Crippen molar-refractivity contribution in [2.24, 2.45) is 0 Å². The predicted octanol–water partition coefficient (Wildman–Crippen LogP) is 4.27. The van der Waals surface area contributed by atoms with Crippen molar-refractivity contribution in [3.63, 3.8) is 0 Å². The van der Waals surface area contributed by atoms with Gasteiger partial charge in [-0.1, -0.05) is 36.4 Å². The lowest BCUT2D eigenvalue weighted by Crippen LogP contribution is -2.13. The van der Waals surface area contributed by atoms with E-state index in [0.29, 0.717) is 23.8 Å². The smallest absolute Gasteiger partial charge is 0.259 e. The molecule has 0 radical (unpaired) electrons. The Morgan fingerprint density at radius 1 is 1.00 bits per heavy atom. The average Bonchev–Trinajstić information content (AvgIpc) is 2.69. The van der Waals surface area contributed by atoms with E-state index in [1.807, 2.05) is 30.3 Å². The Kier molecular flexibility index (Phi) is 5.94. The van der Waals surface area contributed by atoms with Crippen LogP contribution in [0.3, 0.4) is 0 Å². The molecule has 0 aliphatic carbocycles. The standard InChI is InChI=1S/C22H21NO4/c1-26-21-11-10-18(24)15-20(21)22(25)23-17-8-5-9-19(14-17)27-13-12-16-6-3-2-4-7-16/h2-11,14-15,24H,12-13H2,1H3,(H,23,25). The van der Waals surface area contributed by atoms with Gasteiger partial charge in [0.25, 0.3) is 5.91 Å². The molecule has 0 spiro atoms. The maximum Gasteiger partial charge on any atom is 0.259 e. The SMILES string of the molecule is COc1ccc(O)cc1C(=O)Nc1cccc(OCCc2ccccc2)c1. The molecular formula is C22H21NO4. The number of ether oxygens (including phenoxy) is 2. The zero-order valence-electron chi connectivity index (χ0n) is 15.0. The van der Waals surface area contributed by atoms with Crippen LogP contribution >= 0.6 is 0 Å². The van der Waals surface area contributed by atoms with E-state index in [9.17, 15) is 9.90 Å². The zero-order chi connectivity index (χ0) is 19.1. The van der Waals surface area contributed by atoms with Gasteiger partial charge >= 0.3 is 0 Å². The molecular weight excluding hydrogens is 342 g/mol. The maximum atomic E-state index is 12.5. The van der Waals surface area contributed by atoms with E-state index < -0.39 is 0 Å². The van der Waals surface area contributed by atoms with E-state index in [-0.39, 0.29) is 17.2 Å². The maximum absolute atomic E-state index is 12.5. The molecule has 0 heterocycles. The highest BCUT2D eigenvalue weighted by molar-refractivity contribution is 6.06. The second-order valence-electron chi connectivity index (χ2n) is 5.95. The molecule has 138 valence electrons. The Labute approximate surface area is 158 Å². The number of phenolic OH excluding ortho intramolecular Hbond substituents is 1. The Morgan fingerprint density at radius 2 is 1.81 bits per heavy atom. The zero-order valence-corrected chi connectivity index (χ0v) is 15.0. The first-order chi connectivity index (χ1) is 13.2. The fraction of sp³-hybridized carbons (Fsp3) is 0.136. The molecule has 27 heavy (non-hydrogen) atoms. The van der Waals surface area contributed by atoms with Crippen LogP contribution in [0.2, 0.25) is 0 Å². The lowest BCUT2D eigenvalue weighted by Gasteiger charge is -2.11. The van der Waals surface area contributed by atoms with Crippen molar-refractivity contribution < 1.29 is 19.4 Å². The summed E-state index contributed by atoms with van der Waals surface area (Å²) in [4.78, 5) is 12.5. The van der Waals surface area contributed by atoms with E-state index in [1.165, 1.54) is 24.8 Å². The van der Waals surface area contributed by atoms with Gasteiger partial charge in [0.15, 0.2) is 0 Å². The molecule has 0 saturated carbocycles. The first-order valence-electron chi connectivity index (χ1n) is 8.61. The molecule has 2 N–H and O–H groups in total. The van der Waals surface area contributed by atoms with E-state index in [0.717, 1.165) is 6.42 Å². The first-order valence-corrected chi connectivity index (χ1v) is 8.61. The Hall–Kier alpha value is -3.47. The number of hydrogen-bond acceptors (Lipinski definition) is 4. The van der Waals surface area contributed by atoms with Gasteiger partial charge in [0.1, 0.15) is 17.2 Å². The average molecular weight is 363 g/mol. The number of methoxy groups -OCH3 is 1. The molecule has 5 heteroatoms. The van der Waals surface area contributed by atoms with Crippen molar-refractivity contribution in [1.82, 2.24) is 0 Å². The molecule has 3 aromatic rings. The van der Waals surface area contributed by atoms with Crippen LogP contribution in [0.5, 0.6) is 17.2 Å². The minimum absolute atomic E-state index is 0.000976. The van der Waals surface area contributed by atoms with Crippen molar-refractivity contribution in [3.8, 4) is 17.2 Å². The topological polar surface area (TPSA) is 67.8 Å². The second kappa shape index (κ2) is 8.76. The van der Waals surface area contributed by atoms with Gasteiger partial charge in [0, 0.05) is 18.2 Å². The number of carbonyl (C=O) groups is 1. The lowest BCUT2D eigenvalue weighted by molar-refractivity contribution is 0.102. The number of carbonyl (C=O) groups excluding carboxylic acids is 1. The third-order valence-corrected chi connectivity index (χ3v) is 4.02. The summed E-state index contributed by atoms with van der Waals surface area (Å²) >= 11 is 0. The number of nitrogens with one attached hydrogen (secondary N) is 1. The molecule has 3 rings (SSSR count). The molecule has 0 saturated heterocycles. The predicted molar refractivity (Wildman–Crippen MR) is 105 cm³/mol. The first kappa shape index (κ1) is 18.3. The lowest BCUT2D eigenvalue weighted by atomic mass is 10.1. The van der Waals surface area contributed by atoms with Crippen molar-refractivity contribution in [2.45, 2.75) is 6.42 Å². The Balaban J connectivity index is 1.63. The van der Waals surface area contributed by atoms with Crippen molar-refractivity contribution in [1.29, 1.82) is 0 Å². The minimum Gasteiger partial charge on any atom is -0.508 e. The number of hydrogen-bond donors (Lipinski definition) is 2. The van der Waals surface area contributed by atoms with Gasteiger partial charge in [-0.15, -0.1) is 0 Å². The number of anilines is 1. The Morgan fingerprint density at radius 3 is 2.59 bits per heavy atom. The van der Waals surface area contributed by atoms with Crippen molar-refractivity contribution >= 4 is 11.6 Å². The summed E-state index contributed by atoms with van der Waals surface area (Å²) < 4.78 is 11.0. The van der Waals surface area contributed by atoms with Gasteiger partial charge in [-0.05, 0) is 35.9 Å². The molecule has 3 aromatic carbocycles. The number of phenols is 1. The molecule has 0 aromatic heterocycles. The summed E-state index contributed by atoms with van der Waals surface area (Å²) in [7, 11) is 1.48. The fourth-order valence-electron chi connectivity index (χ4n) is 2.67. The van der Waals surface area contributed by atoms with Crippen LogP contribution in [0.15, 0.2) is 72.8 Å². The van der Waals surface area contributed by atoms with E-state index in [2.05, 4.69) is 17.4 Å². The van der Waals surface area contributed by atoms with Gasteiger partial charge < -0.3 is 19.9 Å². The van der Waals surface area contributed by atoms with Crippen LogP contribution in [0.25, 0.3) is 0 Å².